The molecule has 0 spiro atoms. The number of hydrazine groups is 1. The van der Waals surface area contributed by atoms with Gasteiger partial charge in [0.05, 0.1) is 16.6 Å². The first-order valence-electron chi connectivity index (χ1n) is 6.26. The van der Waals surface area contributed by atoms with Gasteiger partial charge in [-0.05, 0) is 64.7 Å². The molecular formula is C13H17IN4S. The van der Waals surface area contributed by atoms with E-state index in [9.17, 15) is 0 Å². The Morgan fingerprint density at radius 2 is 2.11 bits per heavy atom. The summed E-state index contributed by atoms with van der Waals surface area (Å²) in [5.74, 6) is 5.71. The average molecular weight is 388 g/mol. The van der Waals surface area contributed by atoms with Gasteiger partial charge in [-0.1, -0.05) is 30.0 Å². The number of rotatable bonds is 6. The number of halogens is 1. The van der Waals surface area contributed by atoms with Gasteiger partial charge in [-0.3, -0.25) is 11.3 Å². The van der Waals surface area contributed by atoms with E-state index < -0.39 is 0 Å². The fraction of sp³-hybridized carbons (Fsp3) is 0.385. The van der Waals surface area contributed by atoms with Crippen molar-refractivity contribution in [2.75, 3.05) is 0 Å². The molecule has 0 aliphatic heterocycles. The van der Waals surface area contributed by atoms with Crippen LogP contribution in [0.15, 0.2) is 24.3 Å². The number of aryl methyl sites for hydroxylation is 1. The van der Waals surface area contributed by atoms with Gasteiger partial charge in [0.2, 0.25) is 0 Å². The van der Waals surface area contributed by atoms with Gasteiger partial charge >= 0.3 is 0 Å². The van der Waals surface area contributed by atoms with Crippen molar-refractivity contribution < 1.29 is 0 Å². The van der Waals surface area contributed by atoms with Crippen molar-refractivity contribution in [2.24, 2.45) is 5.84 Å². The van der Waals surface area contributed by atoms with Crippen LogP contribution in [0.2, 0.25) is 0 Å². The summed E-state index contributed by atoms with van der Waals surface area (Å²) in [6.07, 6.45) is 2.88. The third kappa shape index (κ3) is 3.95. The van der Waals surface area contributed by atoms with Crippen molar-refractivity contribution in [3.8, 4) is 0 Å². The number of nitrogens with zero attached hydrogens (tertiary/aromatic N) is 2. The molecule has 19 heavy (non-hydrogen) atoms. The molecule has 4 nitrogen and oxygen atoms in total. The molecule has 1 aromatic carbocycles. The zero-order chi connectivity index (χ0) is 13.7. The second-order valence-electron chi connectivity index (χ2n) is 4.38. The summed E-state index contributed by atoms with van der Waals surface area (Å²) < 4.78 is 5.30. The van der Waals surface area contributed by atoms with Crippen molar-refractivity contribution >= 4 is 34.1 Å². The van der Waals surface area contributed by atoms with Gasteiger partial charge in [0.25, 0.3) is 0 Å². The predicted molar refractivity (Wildman–Crippen MR) is 86.8 cm³/mol. The van der Waals surface area contributed by atoms with Gasteiger partial charge in [-0.15, -0.1) is 5.10 Å². The van der Waals surface area contributed by atoms with E-state index in [0.717, 1.165) is 29.8 Å². The van der Waals surface area contributed by atoms with Crippen LogP contribution in [-0.4, -0.2) is 9.59 Å². The Kier molecular flexibility index (Phi) is 5.68. The standard InChI is InChI=1S/C13H17IN4S/c1-2-3-11-13(19-18-17-11)12(16-15)8-9-4-6-10(14)7-5-9/h4-7,12,16H,2-3,8,15H2,1H3. The Morgan fingerprint density at radius 1 is 1.37 bits per heavy atom. The molecule has 6 heteroatoms. The molecule has 0 amide bonds. The maximum absolute atomic E-state index is 5.71. The minimum atomic E-state index is 0.0848. The summed E-state index contributed by atoms with van der Waals surface area (Å²) in [4.78, 5) is 1.16. The molecule has 1 unspecified atom stereocenters. The van der Waals surface area contributed by atoms with Gasteiger partial charge in [0.15, 0.2) is 0 Å². The fourth-order valence-electron chi connectivity index (χ4n) is 1.97. The zero-order valence-corrected chi connectivity index (χ0v) is 13.7. The molecule has 0 aliphatic rings. The van der Waals surface area contributed by atoms with Crippen LogP contribution in [0.4, 0.5) is 0 Å². The first-order chi connectivity index (χ1) is 9.24. The van der Waals surface area contributed by atoms with E-state index in [4.69, 9.17) is 5.84 Å². The fourth-order valence-corrected chi connectivity index (χ4v) is 3.09. The SMILES string of the molecule is CCCc1nnsc1C(Cc1ccc(I)cc1)NN. The van der Waals surface area contributed by atoms with Gasteiger partial charge < -0.3 is 0 Å². The number of hydrogen-bond donors (Lipinski definition) is 2. The lowest BCUT2D eigenvalue weighted by Gasteiger charge is -2.15. The lowest BCUT2D eigenvalue weighted by molar-refractivity contribution is 0.554. The van der Waals surface area contributed by atoms with Gasteiger partial charge in [-0.2, -0.15) is 0 Å². The van der Waals surface area contributed by atoms with Crippen LogP contribution in [0.25, 0.3) is 0 Å². The van der Waals surface area contributed by atoms with Crippen LogP contribution in [0, 0.1) is 3.57 Å². The van der Waals surface area contributed by atoms with Gasteiger partial charge in [-0.25, -0.2) is 0 Å². The van der Waals surface area contributed by atoms with E-state index in [1.807, 2.05) is 0 Å². The predicted octanol–water partition coefficient (Wildman–Crippen LogP) is 2.84. The Hall–Kier alpha value is -0.570. The van der Waals surface area contributed by atoms with Crippen molar-refractivity contribution in [1.29, 1.82) is 0 Å². The summed E-state index contributed by atoms with van der Waals surface area (Å²) >= 11 is 3.75. The first kappa shape index (κ1) is 14.8. The number of aromatic nitrogens is 2. The Morgan fingerprint density at radius 3 is 2.74 bits per heavy atom. The highest BCUT2D eigenvalue weighted by Gasteiger charge is 2.18. The van der Waals surface area contributed by atoms with E-state index in [0.29, 0.717) is 0 Å². The lowest BCUT2D eigenvalue weighted by Crippen LogP contribution is -2.29. The number of benzene rings is 1. The maximum Gasteiger partial charge on any atom is 0.0804 e. The summed E-state index contributed by atoms with van der Waals surface area (Å²) in [5, 5.41) is 4.20. The Bertz CT molecular complexity index is 512. The highest BCUT2D eigenvalue weighted by atomic mass is 127. The topological polar surface area (TPSA) is 63.8 Å². The van der Waals surface area contributed by atoms with Crippen molar-refractivity contribution in [3.05, 3.63) is 44.0 Å². The molecular weight excluding hydrogens is 371 g/mol. The second kappa shape index (κ2) is 7.28. The van der Waals surface area contributed by atoms with Crippen LogP contribution < -0.4 is 11.3 Å². The molecule has 3 N–H and O–H groups in total. The molecule has 102 valence electrons. The third-order valence-electron chi connectivity index (χ3n) is 2.94. The van der Waals surface area contributed by atoms with E-state index in [1.165, 1.54) is 20.7 Å². The molecule has 2 aromatic rings. The molecule has 1 heterocycles. The minimum absolute atomic E-state index is 0.0848. The summed E-state index contributed by atoms with van der Waals surface area (Å²) in [6, 6.07) is 8.59. The van der Waals surface area contributed by atoms with Crippen molar-refractivity contribution in [1.82, 2.24) is 15.0 Å². The molecule has 1 aromatic heterocycles. The van der Waals surface area contributed by atoms with E-state index >= 15 is 0 Å². The maximum atomic E-state index is 5.71. The summed E-state index contributed by atoms with van der Waals surface area (Å²) in [7, 11) is 0. The van der Waals surface area contributed by atoms with Crippen LogP contribution in [0.5, 0.6) is 0 Å². The number of nitrogens with one attached hydrogen (secondary N) is 1. The minimum Gasteiger partial charge on any atom is -0.271 e. The van der Waals surface area contributed by atoms with E-state index in [1.54, 1.807) is 0 Å². The van der Waals surface area contributed by atoms with Gasteiger partial charge in [0.1, 0.15) is 0 Å². The molecule has 0 bridgehead atoms. The van der Waals surface area contributed by atoms with Crippen LogP contribution in [-0.2, 0) is 12.8 Å². The van der Waals surface area contributed by atoms with Crippen LogP contribution in [0.1, 0.15) is 35.5 Å². The third-order valence-corrected chi connectivity index (χ3v) is 4.54. The van der Waals surface area contributed by atoms with E-state index in [2.05, 4.69) is 68.8 Å². The Balaban J connectivity index is 2.15. The highest BCUT2D eigenvalue weighted by molar-refractivity contribution is 14.1. The zero-order valence-electron chi connectivity index (χ0n) is 10.8. The smallest absolute Gasteiger partial charge is 0.0804 e. The highest BCUT2D eigenvalue weighted by Crippen LogP contribution is 2.24. The number of nitrogens with two attached hydrogens (primary N) is 1. The first-order valence-corrected chi connectivity index (χ1v) is 8.11. The van der Waals surface area contributed by atoms with Crippen molar-refractivity contribution in [2.45, 2.75) is 32.2 Å². The van der Waals surface area contributed by atoms with Gasteiger partial charge in [0, 0.05) is 3.57 Å². The monoisotopic (exact) mass is 388 g/mol. The average Bonchev–Trinajstić information content (AvgIpc) is 2.87. The summed E-state index contributed by atoms with van der Waals surface area (Å²) in [6.45, 7) is 2.15. The normalized spacial score (nSPS) is 12.6. The molecule has 2 rings (SSSR count). The molecule has 0 saturated heterocycles. The van der Waals surface area contributed by atoms with Crippen LogP contribution in [0.3, 0.4) is 0 Å². The van der Waals surface area contributed by atoms with Crippen molar-refractivity contribution in [3.63, 3.8) is 0 Å². The summed E-state index contributed by atoms with van der Waals surface area (Å²) in [5.41, 5.74) is 5.23. The molecule has 0 saturated carbocycles. The lowest BCUT2D eigenvalue weighted by atomic mass is 10.0. The molecule has 0 fully saturated rings. The largest absolute Gasteiger partial charge is 0.271 e. The number of hydrogen-bond acceptors (Lipinski definition) is 5. The quantitative estimate of drug-likeness (QED) is 0.454. The molecule has 1 atom stereocenters. The second-order valence-corrected chi connectivity index (χ2v) is 6.42. The molecule has 0 aliphatic carbocycles. The molecule has 0 radical (unpaired) electrons. The van der Waals surface area contributed by atoms with Crippen LogP contribution >= 0.6 is 34.1 Å². The Labute approximate surface area is 131 Å². The van der Waals surface area contributed by atoms with E-state index in [-0.39, 0.29) is 6.04 Å².